The molecule has 1 atom stereocenters. The number of nitrogens with zero attached hydrogens (tertiary/aromatic N) is 1. The number of hydrogen-bond acceptors (Lipinski definition) is 5. The maximum absolute atomic E-state index is 12.1. The van der Waals surface area contributed by atoms with Gasteiger partial charge in [-0.3, -0.25) is 4.79 Å². The van der Waals surface area contributed by atoms with Crippen LogP contribution < -0.4 is 10.1 Å². The number of rotatable bonds is 8. The van der Waals surface area contributed by atoms with Gasteiger partial charge in [-0.05, 0) is 23.6 Å². The third-order valence-electron chi connectivity index (χ3n) is 3.72. The highest BCUT2D eigenvalue weighted by atomic mass is 16.5. The van der Waals surface area contributed by atoms with E-state index in [1.54, 1.807) is 6.20 Å². The molecular weight excluding hydrogens is 322 g/mol. The van der Waals surface area contributed by atoms with Crippen molar-refractivity contribution in [3.05, 3.63) is 48.0 Å². The van der Waals surface area contributed by atoms with E-state index in [4.69, 9.17) is 9.47 Å². The number of carbonyl (C=O) groups is 2. The van der Waals surface area contributed by atoms with Gasteiger partial charge in [0.15, 0.2) is 6.61 Å². The number of ether oxygens (including phenoxy) is 2. The molecule has 0 aliphatic carbocycles. The molecule has 1 aromatic carbocycles. The first-order valence-corrected chi connectivity index (χ1v) is 8.06. The molecular formula is C18H23N3O4. The van der Waals surface area contributed by atoms with Crippen molar-refractivity contribution < 1.29 is 19.1 Å². The lowest BCUT2D eigenvalue weighted by Gasteiger charge is -2.16. The minimum atomic E-state index is -0.801. The van der Waals surface area contributed by atoms with Crippen LogP contribution in [0.3, 0.4) is 0 Å². The fourth-order valence-corrected chi connectivity index (χ4v) is 2.29. The Labute approximate surface area is 146 Å². The van der Waals surface area contributed by atoms with Crippen LogP contribution in [0.1, 0.15) is 31.0 Å². The SMILES string of the molecule is COC(=O)[C@@H](Cc1cnc[nH]1)NC(=O)COc1ccc(C(C)C)cc1. The van der Waals surface area contributed by atoms with Gasteiger partial charge >= 0.3 is 5.97 Å². The van der Waals surface area contributed by atoms with Gasteiger partial charge < -0.3 is 19.8 Å². The van der Waals surface area contributed by atoms with E-state index in [0.717, 1.165) is 5.69 Å². The van der Waals surface area contributed by atoms with Gasteiger partial charge in [-0.25, -0.2) is 9.78 Å². The van der Waals surface area contributed by atoms with Crippen LogP contribution in [-0.4, -0.2) is 41.6 Å². The zero-order chi connectivity index (χ0) is 18.2. The van der Waals surface area contributed by atoms with Crippen molar-refractivity contribution in [2.45, 2.75) is 32.2 Å². The monoisotopic (exact) mass is 345 g/mol. The highest BCUT2D eigenvalue weighted by molar-refractivity contribution is 5.85. The molecule has 0 fully saturated rings. The molecule has 2 rings (SSSR count). The van der Waals surface area contributed by atoms with Crippen molar-refractivity contribution in [3.8, 4) is 5.75 Å². The number of H-pyrrole nitrogens is 1. The Hall–Kier alpha value is -2.83. The fourth-order valence-electron chi connectivity index (χ4n) is 2.29. The lowest BCUT2D eigenvalue weighted by atomic mass is 10.0. The maximum atomic E-state index is 12.1. The van der Waals surface area contributed by atoms with Crippen molar-refractivity contribution in [1.29, 1.82) is 0 Å². The Balaban J connectivity index is 1.88. The minimum Gasteiger partial charge on any atom is -0.484 e. The Morgan fingerprint density at radius 1 is 1.24 bits per heavy atom. The summed E-state index contributed by atoms with van der Waals surface area (Å²) in [5.41, 5.74) is 1.92. The molecule has 0 saturated carbocycles. The normalized spacial score (nSPS) is 11.8. The first-order chi connectivity index (χ1) is 12.0. The molecule has 0 unspecified atom stereocenters. The Morgan fingerprint density at radius 3 is 2.52 bits per heavy atom. The summed E-state index contributed by atoms with van der Waals surface area (Å²) in [6.07, 6.45) is 3.37. The summed E-state index contributed by atoms with van der Waals surface area (Å²) < 4.78 is 10.2. The predicted octanol–water partition coefficient (Wildman–Crippen LogP) is 1.81. The Morgan fingerprint density at radius 2 is 1.96 bits per heavy atom. The van der Waals surface area contributed by atoms with Crippen molar-refractivity contribution in [1.82, 2.24) is 15.3 Å². The molecule has 1 aromatic heterocycles. The quantitative estimate of drug-likeness (QED) is 0.712. The second kappa shape index (κ2) is 8.86. The zero-order valence-corrected chi connectivity index (χ0v) is 14.6. The molecule has 25 heavy (non-hydrogen) atoms. The Kier molecular flexibility index (Phi) is 6.56. The van der Waals surface area contributed by atoms with Crippen LogP contribution in [0, 0.1) is 0 Å². The zero-order valence-electron chi connectivity index (χ0n) is 14.6. The average molecular weight is 345 g/mol. The van der Waals surface area contributed by atoms with E-state index in [1.165, 1.54) is 19.0 Å². The number of imidazole rings is 1. The van der Waals surface area contributed by atoms with Crippen molar-refractivity contribution >= 4 is 11.9 Å². The molecule has 1 heterocycles. The Bertz CT molecular complexity index is 681. The van der Waals surface area contributed by atoms with Crippen LogP contribution in [-0.2, 0) is 20.7 Å². The fraction of sp³-hybridized carbons (Fsp3) is 0.389. The average Bonchev–Trinajstić information content (AvgIpc) is 3.12. The predicted molar refractivity (Wildman–Crippen MR) is 92.3 cm³/mol. The van der Waals surface area contributed by atoms with E-state index in [9.17, 15) is 9.59 Å². The van der Waals surface area contributed by atoms with Crippen LogP contribution in [0.15, 0.2) is 36.8 Å². The molecule has 0 bridgehead atoms. The number of hydrogen-bond donors (Lipinski definition) is 2. The van der Waals surface area contributed by atoms with Gasteiger partial charge in [-0.1, -0.05) is 26.0 Å². The van der Waals surface area contributed by atoms with Crippen LogP contribution in [0.5, 0.6) is 5.75 Å². The van der Waals surface area contributed by atoms with Gasteiger partial charge in [0.25, 0.3) is 5.91 Å². The lowest BCUT2D eigenvalue weighted by Crippen LogP contribution is -2.45. The van der Waals surface area contributed by atoms with Crippen LogP contribution in [0.25, 0.3) is 0 Å². The molecule has 2 N–H and O–H groups in total. The van der Waals surface area contributed by atoms with E-state index in [-0.39, 0.29) is 13.0 Å². The summed E-state index contributed by atoms with van der Waals surface area (Å²) >= 11 is 0. The second-order valence-corrected chi connectivity index (χ2v) is 5.94. The van der Waals surface area contributed by atoms with Gasteiger partial charge in [0, 0.05) is 18.3 Å². The molecule has 1 amide bonds. The van der Waals surface area contributed by atoms with E-state index >= 15 is 0 Å². The topological polar surface area (TPSA) is 93.3 Å². The summed E-state index contributed by atoms with van der Waals surface area (Å²) in [6, 6.07) is 6.78. The first kappa shape index (κ1) is 18.5. The van der Waals surface area contributed by atoms with Crippen molar-refractivity contribution in [2.75, 3.05) is 13.7 Å². The van der Waals surface area contributed by atoms with Gasteiger partial charge in [-0.2, -0.15) is 0 Å². The summed E-state index contributed by atoms with van der Waals surface area (Å²) in [4.78, 5) is 30.7. The van der Waals surface area contributed by atoms with Crippen LogP contribution in [0.4, 0.5) is 0 Å². The van der Waals surface area contributed by atoms with Crippen molar-refractivity contribution in [3.63, 3.8) is 0 Å². The van der Waals surface area contributed by atoms with Gasteiger partial charge in [0.2, 0.25) is 0 Å². The molecule has 0 saturated heterocycles. The summed E-state index contributed by atoms with van der Waals surface area (Å²) in [5.74, 6) is 0.107. The van der Waals surface area contributed by atoms with Crippen LogP contribution in [0.2, 0.25) is 0 Å². The van der Waals surface area contributed by atoms with Crippen LogP contribution >= 0.6 is 0 Å². The number of carbonyl (C=O) groups excluding carboxylic acids is 2. The smallest absolute Gasteiger partial charge is 0.328 e. The van der Waals surface area contributed by atoms with Crippen molar-refractivity contribution in [2.24, 2.45) is 0 Å². The number of amides is 1. The molecule has 134 valence electrons. The highest BCUT2D eigenvalue weighted by Gasteiger charge is 2.22. The van der Waals surface area contributed by atoms with E-state index in [0.29, 0.717) is 11.7 Å². The summed E-state index contributed by atoms with van der Waals surface area (Å²) in [7, 11) is 1.28. The van der Waals surface area contributed by atoms with E-state index in [2.05, 4.69) is 29.1 Å². The number of aromatic amines is 1. The molecule has 0 spiro atoms. The minimum absolute atomic E-state index is 0.183. The number of aromatic nitrogens is 2. The molecule has 0 radical (unpaired) electrons. The molecule has 7 heteroatoms. The van der Waals surface area contributed by atoms with E-state index in [1.807, 2.05) is 24.3 Å². The van der Waals surface area contributed by atoms with Gasteiger partial charge in [-0.15, -0.1) is 0 Å². The standard InChI is InChI=1S/C18H23N3O4/c1-12(2)13-4-6-15(7-5-13)25-10-17(22)21-16(18(23)24-3)8-14-9-19-11-20-14/h4-7,9,11-12,16H,8,10H2,1-3H3,(H,19,20)(H,21,22)/t16-/m1/s1. The maximum Gasteiger partial charge on any atom is 0.328 e. The summed E-state index contributed by atoms with van der Waals surface area (Å²) in [5, 5.41) is 2.62. The summed E-state index contributed by atoms with van der Waals surface area (Å²) in [6.45, 7) is 4.03. The number of esters is 1. The van der Waals surface area contributed by atoms with Gasteiger partial charge in [0.05, 0.1) is 13.4 Å². The van der Waals surface area contributed by atoms with E-state index < -0.39 is 17.9 Å². The number of benzene rings is 1. The second-order valence-electron chi connectivity index (χ2n) is 5.94. The number of nitrogens with one attached hydrogen (secondary N) is 2. The lowest BCUT2D eigenvalue weighted by molar-refractivity contribution is -0.145. The molecule has 0 aliphatic heterocycles. The third kappa shape index (κ3) is 5.63. The van der Waals surface area contributed by atoms with Gasteiger partial charge in [0.1, 0.15) is 11.8 Å². The first-order valence-electron chi connectivity index (χ1n) is 8.06. The third-order valence-corrected chi connectivity index (χ3v) is 3.72. The molecule has 0 aliphatic rings. The molecule has 2 aromatic rings. The number of methoxy groups -OCH3 is 1. The largest absolute Gasteiger partial charge is 0.484 e. The highest BCUT2D eigenvalue weighted by Crippen LogP contribution is 2.18. The molecule has 7 nitrogen and oxygen atoms in total.